The van der Waals surface area contributed by atoms with Crippen LogP contribution in [0.5, 0.6) is 0 Å². The molecule has 0 radical (unpaired) electrons. The highest BCUT2D eigenvalue weighted by molar-refractivity contribution is 7.13. The van der Waals surface area contributed by atoms with Crippen LogP contribution < -0.4 is 16.0 Å². The van der Waals surface area contributed by atoms with E-state index in [1.54, 1.807) is 11.3 Å². The summed E-state index contributed by atoms with van der Waals surface area (Å²) in [5.41, 5.74) is 7.65. The van der Waals surface area contributed by atoms with Gasteiger partial charge < -0.3 is 16.0 Å². The van der Waals surface area contributed by atoms with Gasteiger partial charge in [-0.3, -0.25) is 0 Å². The fraction of sp³-hybridized carbons (Fsp3) is 0.455. The van der Waals surface area contributed by atoms with Gasteiger partial charge in [0.1, 0.15) is 0 Å². The van der Waals surface area contributed by atoms with Crippen molar-refractivity contribution in [1.82, 2.24) is 10.3 Å². The van der Waals surface area contributed by atoms with E-state index in [2.05, 4.69) is 21.9 Å². The third kappa shape index (κ3) is 4.86. The number of hydrogen-bond donors (Lipinski definition) is 2. The Balaban J connectivity index is 2.47. The van der Waals surface area contributed by atoms with Gasteiger partial charge in [-0.15, -0.1) is 11.3 Å². The molecule has 0 aromatic carbocycles. The third-order valence-corrected chi connectivity index (χ3v) is 2.96. The van der Waals surface area contributed by atoms with Crippen LogP contribution in [0.4, 0.5) is 5.13 Å². The molecule has 3 N–H and O–H groups in total. The third-order valence-electron chi connectivity index (χ3n) is 1.90. The van der Waals surface area contributed by atoms with Gasteiger partial charge in [0.05, 0.1) is 12.2 Å². The molecule has 0 amide bonds. The van der Waals surface area contributed by atoms with Gasteiger partial charge in [0.15, 0.2) is 11.1 Å². The van der Waals surface area contributed by atoms with Gasteiger partial charge >= 0.3 is 0 Å². The zero-order chi connectivity index (χ0) is 12.8. The van der Waals surface area contributed by atoms with Gasteiger partial charge in [0.25, 0.3) is 0 Å². The average Bonchev–Trinajstić information content (AvgIpc) is 2.72. The van der Waals surface area contributed by atoms with Crippen LogP contribution >= 0.6 is 11.3 Å². The van der Waals surface area contributed by atoms with Crippen molar-refractivity contribution in [3.63, 3.8) is 0 Å². The van der Waals surface area contributed by atoms with E-state index in [1.165, 1.54) is 0 Å². The number of thiazole rings is 1. The molecule has 5 nitrogen and oxygen atoms in total. The minimum Gasteiger partial charge on any atom is -0.370 e. The van der Waals surface area contributed by atoms with Crippen LogP contribution in [0.3, 0.4) is 0 Å². The number of nitrogens with two attached hydrogens (primary N) is 1. The maximum absolute atomic E-state index is 5.70. The Morgan fingerprint density at radius 2 is 2.35 bits per heavy atom. The SMILES string of the molecule is C=C(C)CNC(N)=NCc1csc(N(C)C)n1. The summed E-state index contributed by atoms with van der Waals surface area (Å²) in [6.45, 7) is 6.86. The maximum Gasteiger partial charge on any atom is 0.189 e. The summed E-state index contributed by atoms with van der Waals surface area (Å²) in [5, 5.41) is 5.94. The second-order valence-corrected chi connectivity index (χ2v) is 4.86. The zero-order valence-corrected chi connectivity index (χ0v) is 11.3. The van der Waals surface area contributed by atoms with Crippen LogP contribution in [0.15, 0.2) is 22.5 Å². The van der Waals surface area contributed by atoms with E-state index in [0.29, 0.717) is 19.0 Å². The summed E-state index contributed by atoms with van der Waals surface area (Å²) in [7, 11) is 3.93. The number of rotatable bonds is 5. The molecule has 0 aliphatic rings. The van der Waals surface area contributed by atoms with Crippen LogP contribution in [0.2, 0.25) is 0 Å². The summed E-state index contributed by atoms with van der Waals surface area (Å²) < 4.78 is 0. The molecule has 0 aliphatic carbocycles. The van der Waals surface area contributed by atoms with Gasteiger partial charge in [0.2, 0.25) is 0 Å². The van der Waals surface area contributed by atoms with Crippen molar-refractivity contribution >= 4 is 22.4 Å². The number of guanidine groups is 1. The molecule has 0 aliphatic heterocycles. The van der Waals surface area contributed by atoms with E-state index in [-0.39, 0.29) is 0 Å². The summed E-state index contributed by atoms with van der Waals surface area (Å²) in [6, 6.07) is 0. The topological polar surface area (TPSA) is 66.5 Å². The molecule has 6 heteroatoms. The molecule has 17 heavy (non-hydrogen) atoms. The lowest BCUT2D eigenvalue weighted by Crippen LogP contribution is -2.32. The van der Waals surface area contributed by atoms with Gasteiger partial charge in [0, 0.05) is 26.0 Å². The van der Waals surface area contributed by atoms with Crippen LogP contribution in [-0.2, 0) is 6.54 Å². The summed E-state index contributed by atoms with van der Waals surface area (Å²) in [4.78, 5) is 10.6. The molecule has 0 saturated heterocycles. The first kappa shape index (κ1) is 13.5. The highest BCUT2D eigenvalue weighted by Gasteiger charge is 2.02. The quantitative estimate of drug-likeness (QED) is 0.470. The normalized spacial score (nSPS) is 11.4. The summed E-state index contributed by atoms with van der Waals surface area (Å²) >= 11 is 1.60. The van der Waals surface area contributed by atoms with E-state index < -0.39 is 0 Å². The number of hydrogen-bond acceptors (Lipinski definition) is 4. The van der Waals surface area contributed by atoms with E-state index in [0.717, 1.165) is 16.4 Å². The lowest BCUT2D eigenvalue weighted by Gasteiger charge is -2.05. The Morgan fingerprint density at radius 1 is 1.65 bits per heavy atom. The van der Waals surface area contributed by atoms with Crippen molar-refractivity contribution in [3.05, 3.63) is 23.2 Å². The van der Waals surface area contributed by atoms with Gasteiger partial charge in [-0.2, -0.15) is 0 Å². The minimum atomic E-state index is 0.424. The molecule has 0 fully saturated rings. The zero-order valence-electron chi connectivity index (χ0n) is 10.5. The Morgan fingerprint density at radius 3 is 2.88 bits per heavy atom. The van der Waals surface area contributed by atoms with Crippen molar-refractivity contribution in [2.24, 2.45) is 10.7 Å². The second-order valence-electron chi connectivity index (χ2n) is 4.03. The maximum atomic E-state index is 5.70. The first-order valence-electron chi connectivity index (χ1n) is 5.29. The van der Waals surface area contributed by atoms with E-state index in [9.17, 15) is 0 Å². The highest BCUT2D eigenvalue weighted by atomic mass is 32.1. The Kier molecular flexibility index (Phi) is 4.96. The van der Waals surface area contributed by atoms with Crippen molar-refractivity contribution < 1.29 is 0 Å². The Bertz CT molecular complexity index is 408. The Hall–Kier alpha value is -1.56. The van der Waals surface area contributed by atoms with E-state index in [4.69, 9.17) is 5.73 Å². The molecule has 1 aromatic rings. The fourth-order valence-corrected chi connectivity index (χ4v) is 1.79. The molecule has 94 valence electrons. The molecule has 1 rings (SSSR count). The van der Waals surface area contributed by atoms with Crippen LogP contribution in [0.1, 0.15) is 12.6 Å². The predicted octanol–water partition coefficient (Wildman–Crippen LogP) is 1.19. The van der Waals surface area contributed by atoms with Crippen molar-refractivity contribution in [1.29, 1.82) is 0 Å². The Labute approximate surface area is 106 Å². The number of nitrogens with one attached hydrogen (secondary N) is 1. The minimum absolute atomic E-state index is 0.424. The number of anilines is 1. The molecule has 0 spiro atoms. The van der Waals surface area contributed by atoms with Crippen LogP contribution in [-0.4, -0.2) is 31.6 Å². The summed E-state index contributed by atoms with van der Waals surface area (Å²) in [6.07, 6.45) is 0. The van der Waals surface area contributed by atoms with Gasteiger partial charge in [-0.25, -0.2) is 9.98 Å². The molecular formula is C11H19N5S. The molecule has 0 atom stereocenters. The largest absolute Gasteiger partial charge is 0.370 e. The number of aliphatic imine (C=N–C) groups is 1. The number of aromatic nitrogens is 1. The van der Waals surface area contributed by atoms with Crippen LogP contribution in [0.25, 0.3) is 0 Å². The lowest BCUT2D eigenvalue weighted by atomic mass is 10.3. The van der Waals surface area contributed by atoms with Crippen LogP contribution in [0, 0.1) is 0 Å². The van der Waals surface area contributed by atoms with Gasteiger partial charge in [-0.1, -0.05) is 12.2 Å². The summed E-state index contributed by atoms with van der Waals surface area (Å²) in [5.74, 6) is 0.424. The smallest absolute Gasteiger partial charge is 0.189 e. The van der Waals surface area contributed by atoms with Crippen molar-refractivity contribution in [2.75, 3.05) is 25.5 Å². The highest BCUT2D eigenvalue weighted by Crippen LogP contribution is 2.18. The molecule has 0 bridgehead atoms. The fourth-order valence-electron chi connectivity index (χ4n) is 1.04. The predicted molar refractivity (Wildman–Crippen MR) is 74.6 cm³/mol. The van der Waals surface area contributed by atoms with Crippen molar-refractivity contribution in [2.45, 2.75) is 13.5 Å². The molecular weight excluding hydrogens is 234 g/mol. The molecule has 1 heterocycles. The first-order valence-corrected chi connectivity index (χ1v) is 6.17. The molecule has 0 unspecified atom stereocenters. The van der Waals surface area contributed by atoms with Crippen molar-refractivity contribution in [3.8, 4) is 0 Å². The first-order chi connectivity index (χ1) is 7.99. The van der Waals surface area contributed by atoms with Gasteiger partial charge in [-0.05, 0) is 6.92 Å². The number of nitrogens with zero attached hydrogens (tertiary/aromatic N) is 3. The monoisotopic (exact) mass is 253 g/mol. The molecule has 0 saturated carbocycles. The second kappa shape index (κ2) is 6.24. The van der Waals surface area contributed by atoms with E-state index >= 15 is 0 Å². The molecule has 1 aromatic heterocycles. The average molecular weight is 253 g/mol. The lowest BCUT2D eigenvalue weighted by molar-refractivity contribution is 0.925. The standard InChI is InChI=1S/C11H19N5S/c1-8(2)5-13-10(12)14-6-9-7-17-11(15-9)16(3)4/h7H,1,5-6H2,2-4H3,(H3,12,13,14). The van der Waals surface area contributed by atoms with E-state index in [1.807, 2.05) is 31.3 Å².